The number of benzene rings is 1. The molecule has 2 heterocycles. The third-order valence-corrected chi connectivity index (χ3v) is 4.34. The smallest absolute Gasteiger partial charge is 0.315 e. The number of para-hydroxylation sites is 1. The molecule has 0 radical (unpaired) electrons. The molecule has 112 valence electrons. The van der Waals surface area contributed by atoms with Gasteiger partial charge in [0.15, 0.2) is 0 Å². The van der Waals surface area contributed by atoms with Gasteiger partial charge in [-0.05, 0) is 31.0 Å². The monoisotopic (exact) mass is 286 g/mol. The van der Waals surface area contributed by atoms with Crippen LogP contribution in [0.5, 0.6) is 0 Å². The average Bonchev–Trinajstić information content (AvgIpc) is 2.78. The van der Waals surface area contributed by atoms with Crippen molar-refractivity contribution in [1.82, 2.24) is 9.88 Å². The van der Waals surface area contributed by atoms with Gasteiger partial charge >= 0.3 is 5.97 Å². The average molecular weight is 286 g/mol. The number of hydrogen-bond acceptors (Lipinski definition) is 3. The summed E-state index contributed by atoms with van der Waals surface area (Å²) in [6.45, 7) is 4.93. The molecule has 1 aliphatic rings. The standard InChI is InChI=1S/C17H22N2O2/c1-3-9-19-10-8-13-12-6-4-5-7-15(12)18-16(13)14(11-19)17(20)21-2/h4-7,14,18H,3,8-11H2,1-2H3. The number of nitrogens with zero attached hydrogens (tertiary/aromatic N) is 1. The molecule has 4 heteroatoms. The van der Waals surface area contributed by atoms with Gasteiger partial charge in [-0.25, -0.2) is 0 Å². The van der Waals surface area contributed by atoms with Crippen molar-refractivity contribution in [2.24, 2.45) is 0 Å². The van der Waals surface area contributed by atoms with Gasteiger partial charge in [-0.2, -0.15) is 0 Å². The molecule has 0 aliphatic carbocycles. The van der Waals surface area contributed by atoms with Crippen LogP contribution in [0.1, 0.15) is 30.5 Å². The Hall–Kier alpha value is -1.81. The van der Waals surface area contributed by atoms with Crippen molar-refractivity contribution >= 4 is 16.9 Å². The molecule has 2 aromatic rings. The van der Waals surface area contributed by atoms with E-state index in [9.17, 15) is 4.79 Å². The summed E-state index contributed by atoms with van der Waals surface area (Å²) in [5, 5.41) is 1.24. The lowest BCUT2D eigenvalue weighted by Gasteiger charge is -2.22. The van der Waals surface area contributed by atoms with Crippen LogP contribution in [0, 0.1) is 0 Å². The molecule has 0 fully saturated rings. The lowest BCUT2D eigenvalue weighted by atomic mass is 10.00. The molecule has 4 nitrogen and oxygen atoms in total. The fourth-order valence-electron chi connectivity index (χ4n) is 3.35. The van der Waals surface area contributed by atoms with Crippen LogP contribution in [-0.4, -0.2) is 42.6 Å². The first-order chi connectivity index (χ1) is 10.2. The first kappa shape index (κ1) is 14.1. The molecule has 1 atom stereocenters. The maximum Gasteiger partial charge on any atom is 0.315 e. The summed E-state index contributed by atoms with van der Waals surface area (Å²) in [7, 11) is 1.47. The number of fused-ring (bicyclic) bond motifs is 3. The predicted octanol–water partition coefficient (Wildman–Crippen LogP) is 2.69. The van der Waals surface area contributed by atoms with Gasteiger partial charge < -0.3 is 14.6 Å². The molecule has 21 heavy (non-hydrogen) atoms. The van der Waals surface area contributed by atoms with Crippen molar-refractivity contribution in [3.8, 4) is 0 Å². The van der Waals surface area contributed by atoms with Gasteiger partial charge in [-0.3, -0.25) is 4.79 Å². The van der Waals surface area contributed by atoms with Crippen LogP contribution in [0.15, 0.2) is 24.3 Å². The predicted molar refractivity (Wildman–Crippen MR) is 83.5 cm³/mol. The van der Waals surface area contributed by atoms with E-state index < -0.39 is 0 Å². The van der Waals surface area contributed by atoms with Crippen LogP contribution >= 0.6 is 0 Å². The van der Waals surface area contributed by atoms with Gasteiger partial charge in [0, 0.05) is 29.7 Å². The fraction of sp³-hybridized carbons (Fsp3) is 0.471. The summed E-state index contributed by atoms with van der Waals surface area (Å²) in [6.07, 6.45) is 2.08. The Morgan fingerprint density at radius 2 is 2.24 bits per heavy atom. The first-order valence-electron chi connectivity index (χ1n) is 7.64. The Kier molecular flexibility index (Phi) is 3.97. The van der Waals surface area contributed by atoms with Gasteiger partial charge in [0.25, 0.3) is 0 Å². The molecule has 0 saturated heterocycles. The minimum atomic E-state index is -0.216. The minimum Gasteiger partial charge on any atom is -0.468 e. The second-order valence-electron chi connectivity index (χ2n) is 5.69. The van der Waals surface area contributed by atoms with E-state index in [1.54, 1.807) is 0 Å². The number of rotatable bonds is 3. The molecule has 1 aliphatic heterocycles. The van der Waals surface area contributed by atoms with E-state index in [2.05, 4.69) is 35.0 Å². The van der Waals surface area contributed by atoms with E-state index in [0.717, 1.165) is 43.7 Å². The molecule has 0 saturated carbocycles. The fourth-order valence-corrected chi connectivity index (χ4v) is 3.35. The maximum absolute atomic E-state index is 12.2. The maximum atomic E-state index is 12.2. The number of H-pyrrole nitrogens is 1. The third-order valence-electron chi connectivity index (χ3n) is 4.34. The Balaban J connectivity index is 2.06. The summed E-state index contributed by atoms with van der Waals surface area (Å²) in [5.74, 6) is -0.364. The van der Waals surface area contributed by atoms with Crippen molar-refractivity contribution in [1.29, 1.82) is 0 Å². The molecule has 1 aromatic heterocycles. The Morgan fingerprint density at radius 3 is 3.00 bits per heavy atom. The van der Waals surface area contributed by atoms with E-state index in [4.69, 9.17) is 4.74 Å². The van der Waals surface area contributed by atoms with Gasteiger partial charge in [0.1, 0.15) is 5.92 Å². The van der Waals surface area contributed by atoms with Gasteiger partial charge in [0.05, 0.1) is 7.11 Å². The number of aromatic amines is 1. The van der Waals surface area contributed by atoms with Crippen LogP contribution < -0.4 is 0 Å². The lowest BCUT2D eigenvalue weighted by Crippen LogP contribution is -2.32. The summed E-state index contributed by atoms with van der Waals surface area (Å²) in [6, 6.07) is 8.28. The van der Waals surface area contributed by atoms with Crippen LogP contribution in [0.2, 0.25) is 0 Å². The quantitative estimate of drug-likeness (QED) is 0.882. The second-order valence-corrected chi connectivity index (χ2v) is 5.69. The van der Waals surface area contributed by atoms with Crippen molar-refractivity contribution in [3.05, 3.63) is 35.5 Å². The SMILES string of the molecule is CCCN1CCc2c([nH]c3ccccc23)C(C(=O)OC)C1. The number of ether oxygens (including phenoxy) is 1. The van der Waals surface area contributed by atoms with Crippen LogP contribution in [0.3, 0.4) is 0 Å². The van der Waals surface area contributed by atoms with E-state index in [1.165, 1.54) is 18.1 Å². The highest BCUT2D eigenvalue weighted by molar-refractivity contribution is 5.88. The van der Waals surface area contributed by atoms with Crippen molar-refractivity contribution in [2.75, 3.05) is 26.7 Å². The highest BCUT2D eigenvalue weighted by Gasteiger charge is 2.31. The zero-order chi connectivity index (χ0) is 14.8. The van der Waals surface area contributed by atoms with Gasteiger partial charge in [-0.15, -0.1) is 0 Å². The molecule has 3 rings (SSSR count). The molecule has 0 amide bonds. The Bertz CT molecular complexity index is 647. The summed E-state index contributed by atoms with van der Waals surface area (Å²) >= 11 is 0. The number of methoxy groups -OCH3 is 1. The molecular weight excluding hydrogens is 264 g/mol. The first-order valence-corrected chi connectivity index (χ1v) is 7.64. The summed E-state index contributed by atoms with van der Waals surface area (Å²) in [5.41, 5.74) is 3.43. The Labute approximate surface area is 125 Å². The van der Waals surface area contributed by atoms with Crippen molar-refractivity contribution in [3.63, 3.8) is 0 Å². The normalized spacial score (nSPS) is 19.2. The van der Waals surface area contributed by atoms with Crippen molar-refractivity contribution in [2.45, 2.75) is 25.7 Å². The van der Waals surface area contributed by atoms with E-state index in [1.807, 2.05) is 6.07 Å². The number of aromatic nitrogens is 1. The summed E-state index contributed by atoms with van der Waals surface area (Å²) < 4.78 is 5.04. The second kappa shape index (κ2) is 5.90. The highest BCUT2D eigenvalue weighted by Crippen LogP contribution is 2.32. The van der Waals surface area contributed by atoms with Crippen LogP contribution in [0.4, 0.5) is 0 Å². The number of esters is 1. The molecule has 0 bridgehead atoms. The lowest BCUT2D eigenvalue weighted by molar-refractivity contribution is -0.143. The number of carbonyl (C=O) groups excluding carboxylic acids is 1. The van der Waals surface area contributed by atoms with Crippen LogP contribution in [-0.2, 0) is 16.0 Å². The zero-order valence-corrected chi connectivity index (χ0v) is 12.7. The van der Waals surface area contributed by atoms with E-state index in [0.29, 0.717) is 0 Å². The minimum absolute atomic E-state index is 0.147. The molecule has 1 N–H and O–H groups in total. The topological polar surface area (TPSA) is 45.3 Å². The molecule has 1 aromatic carbocycles. The molecule has 0 spiro atoms. The third kappa shape index (κ3) is 2.56. The molecule has 1 unspecified atom stereocenters. The number of hydrogen-bond donors (Lipinski definition) is 1. The van der Waals surface area contributed by atoms with Crippen LogP contribution in [0.25, 0.3) is 10.9 Å². The van der Waals surface area contributed by atoms with E-state index in [-0.39, 0.29) is 11.9 Å². The molecular formula is C17H22N2O2. The highest BCUT2D eigenvalue weighted by atomic mass is 16.5. The zero-order valence-electron chi connectivity index (χ0n) is 12.7. The summed E-state index contributed by atoms with van der Waals surface area (Å²) in [4.78, 5) is 18.1. The van der Waals surface area contributed by atoms with Gasteiger partial charge in [0.2, 0.25) is 0 Å². The number of nitrogens with one attached hydrogen (secondary N) is 1. The Morgan fingerprint density at radius 1 is 1.43 bits per heavy atom. The largest absolute Gasteiger partial charge is 0.468 e. The van der Waals surface area contributed by atoms with Crippen molar-refractivity contribution < 1.29 is 9.53 Å². The van der Waals surface area contributed by atoms with E-state index >= 15 is 0 Å². The number of carbonyl (C=O) groups is 1. The van der Waals surface area contributed by atoms with Gasteiger partial charge in [-0.1, -0.05) is 25.1 Å².